The summed E-state index contributed by atoms with van der Waals surface area (Å²) in [5.41, 5.74) is 1.47. The highest BCUT2D eigenvalue weighted by molar-refractivity contribution is 9.10. The Morgan fingerprint density at radius 1 is 1.39 bits per heavy atom. The van der Waals surface area contributed by atoms with Crippen LogP contribution in [0.25, 0.3) is 0 Å². The average Bonchev–Trinajstić information content (AvgIpc) is 2.58. The fraction of sp³-hybridized carbons (Fsp3) is 0.200. The second kappa shape index (κ2) is 4.69. The standard InChI is InChI=1S/C10H11BrN4O2S/c1-7-4-3-5-8(6-7)13-18(16,17)10-9(11)12-14-15(10)2/h3-6,13H,1-2H3. The van der Waals surface area contributed by atoms with Crippen molar-refractivity contribution in [3.63, 3.8) is 0 Å². The van der Waals surface area contributed by atoms with Crippen LogP contribution in [-0.4, -0.2) is 23.4 Å². The number of nitrogens with zero attached hydrogens (tertiary/aromatic N) is 3. The summed E-state index contributed by atoms with van der Waals surface area (Å²) in [6.07, 6.45) is 0. The Morgan fingerprint density at radius 2 is 2.11 bits per heavy atom. The van der Waals surface area contributed by atoms with E-state index in [0.717, 1.165) is 5.56 Å². The highest BCUT2D eigenvalue weighted by Crippen LogP contribution is 2.21. The van der Waals surface area contributed by atoms with Crippen LogP contribution in [0.4, 0.5) is 5.69 Å². The van der Waals surface area contributed by atoms with Crippen LogP contribution in [0.3, 0.4) is 0 Å². The van der Waals surface area contributed by atoms with E-state index in [4.69, 9.17) is 0 Å². The number of hydrogen-bond donors (Lipinski definition) is 1. The van der Waals surface area contributed by atoms with Gasteiger partial charge in [-0.3, -0.25) is 4.72 Å². The maximum absolute atomic E-state index is 12.2. The van der Waals surface area contributed by atoms with Gasteiger partial charge in [-0.25, -0.2) is 4.68 Å². The fourth-order valence-electron chi connectivity index (χ4n) is 1.52. The van der Waals surface area contributed by atoms with Gasteiger partial charge in [0.15, 0.2) is 4.60 Å². The molecular weight excluding hydrogens is 320 g/mol. The lowest BCUT2D eigenvalue weighted by atomic mass is 10.2. The second-order valence-corrected chi connectivity index (χ2v) is 6.13. The molecule has 0 radical (unpaired) electrons. The molecule has 0 atom stereocenters. The van der Waals surface area contributed by atoms with Crippen molar-refractivity contribution < 1.29 is 8.42 Å². The van der Waals surface area contributed by atoms with Crippen LogP contribution in [0, 0.1) is 6.92 Å². The molecule has 0 saturated heterocycles. The Labute approximate surface area is 113 Å². The van der Waals surface area contributed by atoms with Crippen molar-refractivity contribution in [2.24, 2.45) is 7.05 Å². The first kappa shape index (κ1) is 13.0. The minimum absolute atomic E-state index is 0.0102. The summed E-state index contributed by atoms with van der Waals surface area (Å²) in [6.45, 7) is 1.89. The summed E-state index contributed by atoms with van der Waals surface area (Å²) in [5, 5.41) is 7.28. The SMILES string of the molecule is Cc1cccc(NS(=O)(=O)c2c(Br)nnn2C)c1. The quantitative estimate of drug-likeness (QED) is 0.928. The first-order valence-electron chi connectivity index (χ1n) is 5.05. The van der Waals surface area contributed by atoms with Crippen LogP contribution in [0.1, 0.15) is 5.56 Å². The van der Waals surface area contributed by atoms with Gasteiger partial charge in [0.2, 0.25) is 5.03 Å². The molecule has 0 bridgehead atoms. The summed E-state index contributed by atoms with van der Waals surface area (Å²) < 4.78 is 28.2. The first-order chi connectivity index (χ1) is 8.40. The zero-order chi connectivity index (χ0) is 13.3. The molecule has 0 aliphatic carbocycles. The van der Waals surface area contributed by atoms with Crippen LogP contribution in [0.15, 0.2) is 33.9 Å². The normalized spacial score (nSPS) is 11.5. The summed E-state index contributed by atoms with van der Waals surface area (Å²) in [6, 6.07) is 7.10. The van der Waals surface area contributed by atoms with Crippen LogP contribution in [0.2, 0.25) is 0 Å². The van der Waals surface area contributed by atoms with Crippen LogP contribution in [0.5, 0.6) is 0 Å². The molecule has 0 aliphatic heterocycles. The van der Waals surface area contributed by atoms with Gasteiger partial charge in [0, 0.05) is 12.7 Å². The molecule has 0 unspecified atom stereocenters. The lowest BCUT2D eigenvalue weighted by molar-refractivity contribution is 0.578. The van der Waals surface area contributed by atoms with Crippen molar-refractivity contribution in [3.8, 4) is 0 Å². The van der Waals surface area contributed by atoms with E-state index in [1.54, 1.807) is 18.2 Å². The lowest BCUT2D eigenvalue weighted by Gasteiger charge is -2.08. The first-order valence-corrected chi connectivity index (χ1v) is 7.32. The van der Waals surface area contributed by atoms with Crippen LogP contribution < -0.4 is 4.72 Å². The minimum Gasteiger partial charge on any atom is -0.278 e. The summed E-state index contributed by atoms with van der Waals surface area (Å²) >= 11 is 3.07. The van der Waals surface area contributed by atoms with Gasteiger partial charge >= 0.3 is 0 Å². The summed E-state index contributed by atoms with van der Waals surface area (Å²) in [4.78, 5) is 0. The third kappa shape index (κ3) is 2.54. The average molecular weight is 331 g/mol. The number of aryl methyl sites for hydroxylation is 2. The molecule has 0 spiro atoms. The van der Waals surface area contributed by atoms with Gasteiger partial charge < -0.3 is 0 Å². The molecule has 1 N–H and O–H groups in total. The van der Waals surface area contributed by atoms with E-state index in [0.29, 0.717) is 5.69 Å². The predicted octanol–water partition coefficient (Wildman–Crippen LogP) is 1.69. The molecule has 2 rings (SSSR count). The van der Waals surface area contributed by atoms with E-state index < -0.39 is 10.0 Å². The largest absolute Gasteiger partial charge is 0.281 e. The summed E-state index contributed by atoms with van der Waals surface area (Å²) in [7, 11) is -2.19. The van der Waals surface area contributed by atoms with Crippen molar-refractivity contribution in [2.75, 3.05) is 4.72 Å². The van der Waals surface area contributed by atoms with Crippen LogP contribution >= 0.6 is 15.9 Å². The zero-order valence-electron chi connectivity index (χ0n) is 9.75. The smallest absolute Gasteiger partial charge is 0.278 e. The molecule has 18 heavy (non-hydrogen) atoms. The van der Waals surface area contributed by atoms with Gasteiger partial charge in [0.05, 0.1) is 0 Å². The fourth-order valence-corrected chi connectivity index (χ4v) is 3.67. The minimum atomic E-state index is -3.71. The highest BCUT2D eigenvalue weighted by Gasteiger charge is 2.23. The molecule has 0 aliphatic rings. The number of benzene rings is 1. The maximum atomic E-state index is 12.2. The molecule has 0 fully saturated rings. The van der Waals surface area contributed by atoms with Gasteiger partial charge in [-0.15, -0.1) is 5.10 Å². The number of aromatic nitrogens is 3. The molecule has 1 aromatic carbocycles. The Bertz CT molecular complexity index is 661. The van der Waals surface area contributed by atoms with E-state index in [1.807, 2.05) is 13.0 Å². The monoisotopic (exact) mass is 330 g/mol. The van der Waals surface area contributed by atoms with Gasteiger partial charge in [-0.05, 0) is 40.5 Å². The number of anilines is 1. The van der Waals surface area contributed by atoms with E-state index in [-0.39, 0.29) is 9.63 Å². The molecule has 1 heterocycles. The molecule has 1 aromatic heterocycles. The summed E-state index contributed by atoms with van der Waals surface area (Å²) in [5.74, 6) is 0. The third-order valence-corrected chi connectivity index (χ3v) is 4.53. The molecule has 8 heteroatoms. The van der Waals surface area contributed by atoms with Crippen molar-refractivity contribution in [3.05, 3.63) is 34.4 Å². The molecule has 0 amide bonds. The van der Waals surface area contributed by atoms with Crippen molar-refractivity contribution >= 4 is 31.6 Å². The van der Waals surface area contributed by atoms with Crippen molar-refractivity contribution in [2.45, 2.75) is 11.9 Å². The van der Waals surface area contributed by atoms with Gasteiger partial charge in [0.1, 0.15) is 0 Å². The Hall–Kier alpha value is -1.41. The van der Waals surface area contributed by atoms with Crippen molar-refractivity contribution in [1.82, 2.24) is 15.0 Å². The number of nitrogens with one attached hydrogen (secondary N) is 1. The van der Waals surface area contributed by atoms with E-state index in [1.165, 1.54) is 11.7 Å². The number of halogens is 1. The van der Waals surface area contributed by atoms with Crippen LogP contribution in [-0.2, 0) is 17.1 Å². The third-order valence-electron chi connectivity index (χ3n) is 2.26. The zero-order valence-corrected chi connectivity index (χ0v) is 12.2. The van der Waals surface area contributed by atoms with Gasteiger partial charge in [-0.2, -0.15) is 8.42 Å². The lowest BCUT2D eigenvalue weighted by Crippen LogP contribution is -2.17. The second-order valence-electron chi connectivity index (χ2n) is 3.78. The number of rotatable bonds is 3. The van der Waals surface area contributed by atoms with E-state index in [2.05, 4.69) is 31.0 Å². The topological polar surface area (TPSA) is 76.9 Å². The van der Waals surface area contributed by atoms with Gasteiger partial charge in [0.25, 0.3) is 10.0 Å². The molecule has 2 aromatic rings. The Kier molecular flexibility index (Phi) is 3.40. The highest BCUT2D eigenvalue weighted by atomic mass is 79.9. The number of hydrogen-bond acceptors (Lipinski definition) is 4. The Morgan fingerprint density at radius 3 is 2.67 bits per heavy atom. The molecular formula is C10H11BrN4O2S. The molecule has 6 nitrogen and oxygen atoms in total. The Balaban J connectivity index is 2.39. The predicted molar refractivity (Wildman–Crippen MR) is 70.7 cm³/mol. The van der Waals surface area contributed by atoms with Crippen molar-refractivity contribution in [1.29, 1.82) is 0 Å². The maximum Gasteiger partial charge on any atom is 0.281 e. The van der Waals surface area contributed by atoms with E-state index in [9.17, 15) is 8.42 Å². The molecule has 0 saturated carbocycles. The number of sulfonamides is 1. The van der Waals surface area contributed by atoms with Gasteiger partial charge in [-0.1, -0.05) is 17.3 Å². The molecule has 96 valence electrons. The van der Waals surface area contributed by atoms with E-state index >= 15 is 0 Å².